The molecule has 28 heavy (non-hydrogen) atoms. The molecule has 1 aromatic carbocycles. The van der Waals surface area contributed by atoms with Crippen LogP contribution in [-0.4, -0.2) is 44.1 Å². The zero-order chi connectivity index (χ0) is 19.5. The van der Waals surface area contributed by atoms with Crippen molar-refractivity contribution in [1.82, 2.24) is 25.1 Å². The van der Waals surface area contributed by atoms with Crippen molar-refractivity contribution in [2.75, 3.05) is 13.1 Å². The van der Waals surface area contributed by atoms with Gasteiger partial charge in [-0.1, -0.05) is 12.1 Å². The van der Waals surface area contributed by atoms with Crippen molar-refractivity contribution in [3.05, 3.63) is 65.4 Å². The quantitative estimate of drug-likeness (QED) is 0.751. The van der Waals surface area contributed by atoms with Gasteiger partial charge in [-0.25, -0.2) is 4.98 Å². The molecule has 0 bridgehead atoms. The van der Waals surface area contributed by atoms with E-state index in [1.165, 1.54) is 0 Å². The van der Waals surface area contributed by atoms with Crippen LogP contribution in [0, 0.1) is 13.8 Å². The Bertz CT molecular complexity index is 976. The molecule has 1 aliphatic heterocycles. The lowest BCUT2D eigenvalue weighted by Gasteiger charge is -2.32. The highest BCUT2D eigenvalue weighted by atomic mass is 16.5. The molecular weight excluding hydrogens is 354 g/mol. The summed E-state index contributed by atoms with van der Waals surface area (Å²) in [6, 6.07) is 7.88. The first-order chi connectivity index (χ1) is 13.6. The highest BCUT2D eigenvalue weighted by Gasteiger charge is 2.28. The first-order valence-corrected chi connectivity index (χ1v) is 9.46. The van der Waals surface area contributed by atoms with E-state index in [4.69, 9.17) is 4.74 Å². The van der Waals surface area contributed by atoms with E-state index in [0.717, 1.165) is 35.5 Å². The number of hydrogen-bond donors (Lipinski definition) is 1. The van der Waals surface area contributed by atoms with Crippen LogP contribution < -0.4 is 4.74 Å². The third-order valence-electron chi connectivity index (χ3n) is 5.12. The lowest BCUT2D eigenvalue weighted by atomic mass is 9.93. The molecule has 1 saturated heterocycles. The molecule has 2 aromatic heterocycles. The number of nitrogens with one attached hydrogen (secondary N) is 1. The third-order valence-corrected chi connectivity index (χ3v) is 5.12. The highest BCUT2D eigenvalue weighted by molar-refractivity contribution is 5.95. The molecule has 1 fully saturated rings. The fraction of sp³-hybridized carbons (Fsp3) is 0.333. The topological polar surface area (TPSA) is 84.0 Å². The van der Waals surface area contributed by atoms with Crippen molar-refractivity contribution in [1.29, 1.82) is 0 Å². The van der Waals surface area contributed by atoms with Gasteiger partial charge in [-0.05, 0) is 44.4 Å². The lowest BCUT2D eigenvalue weighted by molar-refractivity contribution is 0.0711. The fourth-order valence-electron chi connectivity index (χ4n) is 3.58. The zero-order valence-electron chi connectivity index (χ0n) is 16.1. The van der Waals surface area contributed by atoms with Gasteiger partial charge in [0, 0.05) is 37.1 Å². The van der Waals surface area contributed by atoms with Crippen molar-refractivity contribution >= 4 is 5.91 Å². The molecule has 0 radical (unpaired) electrons. The Hall–Kier alpha value is -3.22. The summed E-state index contributed by atoms with van der Waals surface area (Å²) in [4.78, 5) is 23.5. The number of benzene rings is 1. The monoisotopic (exact) mass is 377 g/mol. The predicted molar refractivity (Wildman–Crippen MR) is 104 cm³/mol. The lowest BCUT2D eigenvalue weighted by Crippen LogP contribution is -2.38. The number of aromatic nitrogens is 4. The number of nitrogens with zero attached hydrogens (tertiary/aromatic N) is 4. The molecule has 0 unspecified atom stereocenters. The van der Waals surface area contributed by atoms with Crippen LogP contribution in [0.2, 0.25) is 0 Å². The number of likely N-dealkylation sites (tertiary alicyclic amines) is 1. The van der Waals surface area contributed by atoms with Gasteiger partial charge in [-0.15, -0.1) is 0 Å². The third kappa shape index (κ3) is 3.74. The van der Waals surface area contributed by atoms with Crippen LogP contribution in [0.4, 0.5) is 0 Å². The van der Waals surface area contributed by atoms with Gasteiger partial charge in [0.1, 0.15) is 11.4 Å². The standard InChI is InChI=1S/C21H23N5O2/c1-14-4-3-5-17(12-14)28-20-19(22-8-9-23-20)16-6-10-26(11-7-16)21(27)18-13-24-25-15(18)2/h3-5,8-9,12-13,16H,6-7,10-11H2,1-2H3,(H,24,25). The van der Waals surface area contributed by atoms with Crippen LogP contribution in [0.5, 0.6) is 11.6 Å². The van der Waals surface area contributed by atoms with Gasteiger partial charge in [0.25, 0.3) is 5.91 Å². The van der Waals surface area contributed by atoms with Crippen LogP contribution in [-0.2, 0) is 0 Å². The van der Waals surface area contributed by atoms with Crippen LogP contribution in [0.15, 0.2) is 42.9 Å². The molecule has 1 N–H and O–H groups in total. The van der Waals surface area contributed by atoms with Crippen molar-refractivity contribution < 1.29 is 9.53 Å². The summed E-state index contributed by atoms with van der Waals surface area (Å²) in [5, 5.41) is 6.78. The molecule has 0 atom stereocenters. The largest absolute Gasteiger partial charge is 0.437 e. The number of H-pyrrole nitrogens is 1. The molecule has 3 aromatic rings. The molecular formula is C21H23N5O2. The first kappa shape index (κ1) is 18.2. The SMILES string of the molecule is Cc1cccc(Oc2nccnc2C2CCN(C(=O)c3cn[nH]c3C)CC2)c1. The number of aromatic amines is 1. The molecule has 1 amide bonds. The smallest absolute Gasteiger partial charge is 0.257 e. The van der Waals surface area contributed by atoms with Crippen LogP contribution in [0.1, 0.15) is 46.1 Å². The van der Waals surface area contributed by atoms with Crippen LogP contribution in [0.3, 0.4) is 0 Å². The molecule has 0 saturated carbocycles. The van der Waals surface area contributed by atoms with Crippen LogP contribution in [0.25, 0.3) is 0 Å². The molecule has 3 heterocycles. The summed E-state index contributed by atoms with van der Waals surface area (Å²) in [5.41, 5.74) is 3.43. The molecule has 4 rings (SSSR count). The van der Waals surface area contributed by atoms with E-state index in [-0.39, 0.29) is 11.8 Å². The Kier molecular flexibility index (Phi) is 5.06. The maximum Gasteiger partial charge on any atom is 0.257 e. The molecule has 7 nitrogen and oxygen atoms in total. The van der Waals surface area contributed by atoms with Crippen molar-refractivity contribution in [3.8, 4) is 11.6 Å². The van der Waals surface area contributed by atoms with Crippen molar-refractivity contribution in [2.24, 2.45) is 0 Å². The van der Waals surface area contributed by atoms with E-state index in [2.05, 4.69) is 20.2 Å². The minimum Gasteiger partial charge on any atom is -0.437 e. The Morgan fingerprint density at radius 2 is 1.96 bits per heavy atom. The average Bonchev–Trinajstić information content (AvgIpc) is 3.14. The number of carbonyl (C=O) groups is 1. The number of carbonyl (C=O) groups excluding carboxylic acids is 1. The van der Waals surface area contributed by atoms with E-state index in [1.807, 2.05) is 43.0 Å². The minimum atomic E-state index is 0.0279. The second-order valence-corrected chi connectivity index (χ2v) is 7.14. The minimum absolute atomic E-state index is 0.0279. The van der Waals surface area contributed by atoms with Gasteiger partial charge in [-0.3, -0.25) is 14.9 Å². The van der Waals surface area contributed by atoms with Gasteiger partial charge in [0.2, 0.25) is 5.88 Å². The van der Waals surface area contributed by atoms with Gasteiger partial charge >= 0.3 is 0 Å². The maximum absolute atomic E-state index is 12.7. The number of ether oxygens (including phenoxy) is 1. The molecule has 7 heteroatoms. The molecule has 144 valence electrons. The van der Waals surface area contributed by atoms with E-state index >= 15 is 0 Å². The number of piperidine rings is 1. The van der Waals surface area contributed by atoms with Gasteiger partial charge in [0.15, 0.2) is 0 Å². The summed E-state index contributed by atoms with van der Waals surface area (Å²) in [7, 11) is 0. The van der Waals surface area contributed by atoms with E-state index in [0.29, 0.717) is 24.5 Å². The predicted octanol–water partition coefficient (Wildman–Crippen LogP) is 3.63. The van der Waals surface area contributed by atoms with Gasteiger partial charge in [-0.2, -0.15) is 5.10 Å². The van der Waals surface area contributed by atoms with Crippen molar-refractivity contribution in [3.63, 3.8) is 0 Å². The Balaban J connectivity index is 1.46. The van der Waals surface area contributed by atoms with E-state index in [9.17, 15) is 4.79 Å². The summed E-state index contributed by atoms with van der Waals surface area (Å²) in [5.74, 6) is 1.54. The second-order valence-electron chi connectivity index (χ2n) is 7.14. The fourth-order valence-corrected chi connectivity index (χ4v) is 3.58. The van der Waals surface area contributed by atoms with Gasteiger partial charge < -0.3 is 9.64 Å². The summed E-state index contributed by atoms with van der Waals surface area (Å²) >= 11 is 0. The van der Waals surface area contributed by atoms with E-state index in [1.54, 1.807) is 18.6 Å². The summed E-state index contributed by atoms with van der Waals surface area (Å²) in [6.07, 6.45) is 6.59. The zero-order valence-corrected chi connectivity index (χ0v) is 16.1. The number of hydrogen-bond acceptors (Lipinski definition) is 5. The molecule has 0 aliphatic carbocycles. The van der Waals surface area contributed by atoms with Gasteiger partial charge in [0.05, 0.1) is 11.8 Å². The average molecular weight is 377 g/mol. The highest BCUT2D eigenvalue weighted by Crippen LogP contribution is 2.34. The summed E-state index contributed by atoms with van der Waals surface area (Å²) < 4.78 is 6.03. The van der Waals surface area contributed by atoms with Crippen molar-refractivity contribution in [2.45, 2.75) is 32.6 Å². The molecule has 0 spiro atoms. The maximum atomic E-state index is 12.7. The van der Waals surface area contributed by atoms with E-state index < -0.39 is 0 Å². The summed E-state index contributed by atoms with van der Waals surface area (Å²) in [6.45, 7) is 5.24. The second kappa shape index (κ2) is 7.80. The normalized spacial score (nSPS) is 14.9. The Morgan fingerprint density at radius 1 is 1.18 bits per heavy atom. The number of aryl methyl sites for hydroxylation is 2. The Morgan fingerprint density at radius 3 is 2.68 bits per heavy atom. The van der Waals surface area contributed by atoms with Crippen LogP contribution >= 0.6 is 0 Å². The number of amides is 1. The Labute approximate surface area is 163 Å². The number of rotatable bonds is 4. The first-order valence-electron chi connectivity index (χ1n) is 9.46. The molecule has 1 aliphatic rings.